The molecule has 0 unspecified atom stereocenters. The highest BCUT2D eigenvalue weighted by molar-refractivity contribution is 5.60. The standard InChI is InChI=1S/C15H26N4O2/c1-3-9-19-12(16)11(13(20)18-14(19)21)17-10-15(4-2)7-5-6-8-15/h17H,3-10,16H2,1-2H3,(H,18,20,21). The average molecular weight is 294 g/mol. The third-order valence-corrected chi connectivity index (χ3v) is 4.74. The number of anilines is 2. The molecule has 0 amide bonds. The first kappa shape index (κ1) is 15.7. The van der Waals surface area contributed by atoms with Crippen molar-refractivity contribution < 1.29 is 0 Å². The van der Waals surface area contributed by atoms with E-state index in [4.69, 9.17) is 5.73 Å². The predicted molar refractivity (Wildman–Crippen MR) is 85.7 cm³/mol. The molecule has 1 saturated carbocycles. The molecule has 1 aliphatic rings. The van der Waals surface area contributed by atoms with Crippen LogP contribution in [0.3, 0.4) is 0 Å². The number of hydrogen-bond acceptors (Lipinski definition) is 4. The van der Waals surface area contributed by atoms with Crippen LogP contribution in [0, 0.1) is 5.41 Å². The SMILES string of the molecule is CCCn1c(N)c(NCC2(CC)CCCC2)c(=O)[nH]c1=O. The second-order valence-corrected chi connectivity index (χ2v) is 6.09. The number of rotatable bonds is 6. The van der Waals surface area contributed by atoms with E-state index in [1.807, 2.05) is 6.92 Å². The van der Waals surface area contributed by atoms with Crippen LogP contribution in [-0.2, 0) is 6.54 Å². The summed E-state index contributed by atoms with van der Waals surface area (Å²) in [5.74, 6) is 0.245. The van der Waals surface area contributed by atoms with E-state index in [1.54, 1.807) is 0 Å². The van der Waals surface area contributed by atoms with Crippen molar-refractivity contribution in [2.24, 2.45) is 5.41 Å². The first-order valence-electron chi connectivity index (χ1n) is 7.89. The van der Waals surface area contributed by atoms with Crippen LogP contribution in [0.4, 0.5) is 11.5 Å². The minimum atomic E-state index is -0.434. The maximum Gasteiger partial charge on any atom is 0.330 e. The smallest absolute Gasteiger partial charge is 0.330 e. The summed E-state index contributed by atoms with van der Waals surface area (Å²) in [5.41, 5.74) is 5.75. The summed E-state index contributed by atoms with van der Waals surface area (Å²) in [6, 6.07) is 0. The molecule has 0 atom stereocenters. The molecule has 0 aliphatic heterocycles. The molecule has 1 fully saturated rings. The number of H-pyrrole nitrogens is 1. The molecular formula is C15H26N4O2. The largest absolute Gasteiger partial charge is 0.383 e. The minimum absolute atomic E-state index is 0.245. The van der Waals surface area contributed by atoms with Gasteiger partial charge in [-0.25, -0.2) is 4.79 Å². The number of nitrogens with zero attached hydrogens (tertiary/aromatic N) is 1. The van der Waals surface area contributed by atoms with Gasteiger partial charge in [-0.3, -0.25) is 14.3 Å². The number of nitrogen functional groups attached to an aromatic ring is 1. The Morgan fingerprint density at radius 3 is 2.52 bits per heavy atom. The number of nitrogens with two attached hydrogens (primary N) is 1. The molecule has 118 valence electrons. The van der Waals surface area contributed by atoms with E-state index >= 15 is 0 Å². The minimum Gasteiger partial charge on any atom is -0.383 e. The van der Waals surface area contributed by atoms with Gasteiger partial charge in [-0.2, -0.15) is 0 Å². The Hall–Kier alpha value is -1.72. The lowest BCUT2D eigenvalue weighted by atomic mass is 9.83. The summed E-state index contributed by atoms with van der Waals surface area (Å²) in [5, 5.41) is 3.21. The lowest BCUT2D eigenvalue weighted by Crippen LogP contribution is -2.36. The fourth-order valence-electron chi connectivity index (χ4n) is 3.26. The van der Waals surface area contributed by atoms with E-state index < -0.39 is 11.2 Å². The Morgan fingerprint density at radius 2 is 1.95 bits per heavy atom. The molecule has 6 heteroatoms. The Labute approximate surface area is 124 Å². The maximum absolute atomic E-state index is 12.0. The summed E-state index contributed by atoms with van der Waals surface area (Å²) in [4.78, 5) is 26.1. The van der Waals surface area contributed by atoms with Crippen molar-refractivity contribution >= 4 is 11.5 Å². The van der Waals surface area contributed by atoms with Crippen LogP contribution in [0.15, 0.2) is 9.59 Å². The summed E-state index contributed by atoms with van der Waals surface area (Å²) in [7, 11) is 0. The van der Waals surface area contributed by atoms with Gasteiger partial charge in [-0.1, -0.05) is 26.7 Å². The van der Waals surface area contributed by atoms with Gasteiger partial charge in [0.05, 0.1) is 0 Å². The summed E-state index contributed by atoms with van der Waals surface area (Å²) in [6.45, 7) is 5.41. The Bertz CT molecular complexity index is 597. The summed E-state index contributed by atoms with van der Waals surface area (Å²) < 4.78 is 1.43. The Balaban J connectivity index is 2.25. The predicted octanol–water partition coefficient (Wildman–Crippen LogP) is 1.91. The second-order valence-electron chi connectivity index (χ2n) is 6.09. The molecule has 0 radical (unpaired) electrons. The zero-order valence-electron chi connectivity index (χ0n) is 13.0. The van der Waals surface area contributed by atoms with E-state index in [-0.39, 0.29) is 11.2 Å². The number of hydrogen-bond donors (Lipinski definition) is 3. The first-order chi connectivity index (χ1) is 10.0. The number of nitrogens with one attached hydrogen (secondary N) is 2. The normalized spacial score (nSPS) is 17.0. The van der Waals surface area contributed by atoms with Gasteiger partial charge < -0.3 is 11.1 Å². The van der Waals surface area contributed by atoms with Crippen molar-refractivity contribution in [1.29, 1.82) is 0 Å². The van der Waals surface area contributed by atoms with Gasteiger partial charge in [0, 0.05) is 13.1 Å². The van der Waals surface area contributed by atoms with Crippen LogP contribution >= 0.6 is 0 Å². The van der Waals surface area contributed by atoms with Crippen molar-refractivity contribution in [2.45, 2.75) is 58.9 Å². The van der Waals surface area contributed by atoms with E-state index in [0.29, 0.717) is 12.2 Å². The molecule has 1 aliphatic carbocycles. The average Bonchev–Trinajstić information content (AvgIpc) is 2.92. The van der Waals surface area contributed by atoms with Gasteiger partial charge in [0.2, 0.25) is 0 Å². The van der Waals surface area contributed by atoms with E-state index in [9.17, 15) is 9.59 Å². The zero-order valence-corrected chi connectivity index (χ0v) is 13.0. The van der Waals surface area contributed by atoms with Crippen LogP contribution in [0.1, 0.15) is 52.4 Å². The first-order valence-corrected chi connectivity index (χ1v) is 7.89. The van der Waals surface area contributed by atoms with Crippen molar-refractivity contribution in [2.75, 3.05) is 17.6 Å². The molecule has 21 heavy (non-hydrogen) atoms. The molecule has 0 saturated heterocycles. The van der Waals surface area contributed by atoms with Gasteiger partial charge in [-0.05, 0) is 31.1 Å². The topological polar surface area (TPSA) is 92.9 Å². The van der Waals surface area contributed by atoms with Crippen molar-refractivity contribution in [3.05, 3.63) is 20.8 Å². The van der Waals surface area contributed by atoms with Gasteiger partial charge in [-0.15, -0.1) is 0 Å². The van der Waals surface area contributed by atoms with Crippen LogP contribution in [-0.4, -0.2) is 16.1 Å². The monoisotopic (exact) mass is 294 g/mol. The third-order valence-electron chi connectivity index (χ3n) is 4.74. The van der Waals surface area contributed by atoms with Crippen LogP contribution in [0.5, 0.6) is 0 Å². The number of aromatic amines is 1. The van der Waals surface area contributed by atoms with E-state index in [1.165, 1.54) is 30.3 Å². The van der Waals surface area contributed by atoms with Crippen LogP contribution < -0.4 is 22.3 Å². The summed E-state index contributed by atoms with van der Waals surface area (Å²) >= 11 is 0. The molecule has 0 aromatic carbocycles. The maximum atomic E-state index is 12.0. The lowest BCUT2D eigenvalue weighted by molar-refractivity contribution is 0.306. The van der Waals surface area contributed by atoms with Crippen LogP contribution in [0.25, 0.3) is 0 Å². The fourth-order valence-corrected chi connectivity index (χ4v) is 3.26. The molecule has 4 N–H and O–H groups in total. The van der Waals surface area contributed by atoms with Gasteiger partial charge in [0.15, 0.2) is 0 Å². The molecule has 0 bridgehead atoms. The Morgan fingerprint density at radius 1 is 1.29 bits per heavy atom. The zero-order chi connectivity index (χ0) is 15.5. The second kappa shape index (κ2) is 6.37. The molecule has 1 aromatic heterocycles. The Kier molecular flexibility index (Phi) is 4.75. The highest BCUT2D eigenvalue weighted by Crippen LogP contribution is 2.40. The van der Waals surface area contributed by atoms with E-state index in [2.05, 4.69) is 17.2 Å². The van der Waals surface area contributed by atoms with Crippen LogP contribution in [0.2, 0.25) is 0 Å². The molecular weight excluding hydrogens is 268 g/mol. The molecule has 1 heterocycles. The van der Waals surface area contributed by atoms with E-state index in [0.717, 1.165) is 19.4 Å². The van der Waals surface area contributed by atoms with Crippen molar-refractivity contribution in [3.63, 3.8) is 0 Å². The molecule has 6 nitrogen and oxygen atoms in total. The highest BCUT2D eigenvalue weighted by atomic mass is 16.2. The third kappa shape index (κ3) is 3.14. The van der Waals surface area contributed by atoms with Crippen molar-refractivity contribution in [3.8, 4) is 0 Å². The summed E-state index contributed by atoms with van der Waals surface area (Å²) in [6.07, 6.45) is 6.74. The molecule has 2 rings (SSSR count). The molecule has 1 aromatic rings. The van der Waals surface area contributed by atoms with Gasteiger partial charge >= 0.3 is 5.69 Å². The van der Waals surface area contributed by atoms with Gasteiger partial charge in [0.1, 0.15) is 11.5 Å². The quantitative estimate of drug-likeness (QED) is 0.747. The highest BCUT2D eigenvalue weighted by Gasteiger charge is 2.32. The molecule has 0 spiro atoms. The number of aromatic nitrogens is 2. The van der Waals surface area contributed by atoms with Crippen molar-refractivity contribution in [1.82, 2.24) is 9.55 Å². The fraction of sp³-hybridized carbons (Fsp3) is 0.733. The lowest BCUT2D eigenvalue weighted by Gasteiger charge is -2.28. The van der Waals surface area contributed by atoms with Gasteiger partial charge in [0.25, 0.3) is 5.56 Å².